The molecule has 3 aliphatic heterocycles. The lowest BCUT2D eigenvalue weighted by molar-refractivity contribution is -0.734. The number of fused-ring (bicyclic) bond motifs is 4. The summed E-state index contributed by atoms with van der Waals surface area (Å²) in [5.41, 5.74) is -0.993. The molecule has 1 spiro atoms. The third kappa shape index (κ3) is 2.38. The number of hydrogen-bond acceptors (Lipinski definition) is 3. The van der Waals surface area contributed by atoms with Gasteiger partial charge in [0.05, 0.1) is 5.69 Å². The molecule has 0 aliphatic carbocycles. The molecular weight excluding hydrogens is 361 g/mol. The first kappa shape index (κ1) is 19.1. The number of hydrogen-bond donors (Lipinski definition) is 2. The van der Waals surface area contributed by atoms with E-state index in [1.807, 2.05) is 26.1 Å². The lowest BCUT2D eigenvalue weighted by atomic mass is 9.76. The molecule has 2 saturated heterocycles. The van der Waals surface area contributed by atoms with Gasteiger partial charge in [0.15, 0.2) is 0 Å². The number of rotatable bonds is 2. The SMILES string of the molecule is CC(C)C[C@@H]1[NH2+][C@@]2(C(=O)Nc3ccc(F)cc32)[C@@H]2C(=O)N(C(C)(C)C)C(=O)[C@H]12. The molecule has 1 aromatic rings. The predicted molar refractivity (Wildman–Crippen MR) is 100 cm³/mol. The van der Waals surface area contributed by atoms with E-state index in [1.165, 1.54) is 23.1 Å². The van der Waals surface area contributed by atoms with Gasteiger partial charge >= 0.3 is 0 Å². The minimum atomic E-state index is -1.30. The molecule has 3 heterocycles. The summed E-state index contributed by atoms with van der Waals surface area (Å²) in [5, 5.41) is 4.67. The molecule has 150 valence electrons. The van der Waals surface area contributed by atoms with E-state index in [1.54, 1.807) is 0 Å². The van der Waals surface area contributed by atoms with Gasteiger partial charge in [-0.3, -0.25) is 19.3 Å². The number of quaternary nitrogens is 1. The Bertz CT molecular complexity index is 891. The molecule has 0 saturated carbocycles. The van der Waals surface area contributed by atoms with Gasteiger partial charge in [0.2, 0.25) is 17.4 Å². The van der Waals surface area contributed by atoms with Gasteiger partial charge in [-0.05, 0) is 44.9 Å². The quantitative estimate of drug-likeness (QED) is 0.751. The molecule has 7 heteroatoms. The number of amides is 3. The van der Waals surface area contributed by atoms with E-state index >= 15 is 0 Å². The first-order chi connectivity index (χ1) is 13.0. The van der Waals surface area contributed by atoms with Crippen molar-refractivity contribution >= 4 is 23.4 Å². The zero-order chi connectivity index (χ0) is 20.6. The second-order valence-corrected chi connectivity index (χ2v) is 9.66. The number of nitrogens with one attached hydrogen (secondary N) is 1. The molecule has 0 radical (unpaired) electrons. The van der Waals surface area contributed by atoms with Gasteiger partial charge in [-0.1, -0.05) is 13.8 Å². The first-order valence-electron chi connectivity index (χ1n) is 9.84. The number of halogens is 1. The number of nitrogens with zero attached hydrogens (tertiary/aromatic N) is 1. The summed E-state index contributed by atoms with van der Waals surface area (Å²) in [6, 6.07) is 3.93. The molecule has 0 bridgehead atoms. The third-order valence-corrected chi connectivity index (χ3v) is 6.25. The number of imide groups is 1. The van der Waals surface area contributed by atoms with Gasteiger partial charge < -0.3 is 10.6 Å². The van der Waals surface area contributed by atoms with Crippen molar-refractivity contribution in [3.05, 3.63) is 29.6 Å². The second-order valence-electron chi connectivity index (χ2n) is 9.66. The molecule has 3 amide bonds. The van der Waals surface area contributed by atoms with Gasteiger partial charge in [-0.2, -0.15) is 0 Å². The van der Waals surface area contributed by atoms with Crippen molar-refractivity contribution in [2.75, 3.05) is 5.32 Å². The molecule has 1 aromatic carbocycles. The highest BCUT2D eigenvalue weighted by Crippen LogP contribution is 2.50. The van der Waals surface area contributed by atoms with E-state index in [4.69, 9.17) is 0 Å². The Balaban J connectivity index is 1.91. The Morgan fingerprint density at radius 3 is 2.50 bits per heavy atom. The maximum atomic E-state index is 14.1. The zero-order valence-corrected chi connectivity index (χ0v) is 16.9. The van der Waals surface area contributed by atoms with Crippen molar-refractivity contribution in [2.24, 2.45) is 17.8 Å². The number of carbonyl (C=O) groups excluding carboxylic acids is 3. The Labute approximate surface area is 163 Å². The third-order valence-electron chi connectivity index (χ3n) is 6.25. The summed E-state index contributed by atoms with van der Waals surface area (Å²) in [6.45, 7) is 9.57. The van der Waals surface area contributed by atoms with Crippen molar-refractivity contribution in [1.82, 2.24) is 4.90 Å². The maximum absolute atomic E-state index is 14.1. The van der Waals surface area contributed by atoms with Crippen molar-refractivity contribution < 1.29 is 24.1 Å². The highest BCUT2D eigenvalue weighted by atomic mass is 19.1. The van der Waals surface area contributed by atoms with E-state index in [9.17, 15) is 18.8 Å². The standard InChI is InChI=1S/C21H26FN3O3/c1-10(2)8-14-15-16(18(27)25(17(15)26)20(3,4)5)21(24-14)12-9-11(22)6-7-13(12)23-19(21)28/h6-7,9-10,14-16,24H,8H2,1-5H3,(H,23,28)/p+1/t14-,15+,16-,21+/m0/s1. The van der Waals surface area contributed by atoms with Crippen LogP contribution >= 0.6 is 0 Å². The summed E-state index contributed by atoms with van der Waals surface area (Å²) in [4.78, 5) is 41.3. The minimum Gasteiger partial charge on any atom is -0.326 e. The largest absolute Gasteiger partial charge is 0.326 e. The van der Waals surface area contributed by atoms with Crippen LogP contribution in [-0.4, -0.2) is 34.2 Å². The fraction of sp³-hybridized carbons (Fsp3) is 0.571. The zero-order valence-electron chi connectivity index (χ0n) is 16.9. The summed E-state index contributed by atoms with van der Waals surface area (Å²) in [7, 11) is 0. The molecule has 4 rings (SSSR count). The Morgan fingerprint density at radius 2 is 1.89 bits per heavy atom. The molecule has 4 atom stereocenters. The van der Waals surface area contributed by atoms with Crippen LogP contribution in [0.4, 0.5) is 10.1 Å². The van der Waals surface area contributed by atoms with E-state index in [2.05, 4.69) is 19.2 Å². The van der Waals surface area contributed by atoms with Gasteiger partial charge in [-0.25, -0.2) is 4.39 Å². The Kier molecular flexibility index (Phi) is 3.99. The number of carbonyl (C=O) groups is 3. The van der Waals surface area contributed by atoms with Crippen molar-refractivity contribution in [2.45, 2.75) is 58.2 Å². The molecule has 6 nitrogen and oxygen atoms in total. The smallest absolute Gasteiger partial charge is 0.291 e. The van der Waals surface area contributed by atoms with Gasteiger partial charge in [0, 0.05) is 17.5 Å². The molecule has 0 unspecified atom stereocenters. The predicted octanol–water partition coefficient (Wildman–Crippen LogP) is 1.36. The Morgan fingerprint density at radius 1 is 1.21 bits per heavy atom. The summed E-state index contributed by atoms with van der Waals surface area (Å²) < 4.78 is 14.1. The number of anilines is 1. The minimum absolute atomic E-state index is 0.214. The summed E-state index contributed by atoms with van der Waals surface area (Å²) in [5.74, 6) is -2.49. The molecule has 2 fully saturated rings. The average Bonchev–Trinajstić information content (AvgIpc) is 3.12. The first-order valence-corrected chi connectivity index (χ1v) is 9.84. The monoisotopic (exact) mass is 388 g/mol. The maximum Gasteiger partial charge on any atom is 0.291 e. The Hall–Kier alpha value is -2.28. The van der Waals surface area contributed by atoms with Crippen LogP contribution in [0.5, 0.6) is 0 Å². The summed E-state index contributed by atoms with van der Waals surface area (Å²) >= 11 is 0. The van der Waals surface area contributed by atoms with Crippen molar-refractivity contribution in [1.29, 1.82) is 0 Å². The van der Waals surface area contributed by atoms with Crippen molar-refractivity contribution in [3.8, 4) is 0 Å². The molecule has 28 heavy (non-hydrogen) atoms. The van der Waals surface area contributed by atoms with E-state index in [0.29, 0.717) is 23.6 Å². The van der Waals surface area contributed by atoms with Crippen LogP contribution in [0.15, 0.2) is 18.2 Å². The second kappa shape index (κ2) is 5.86. The number of likely N-dealkylation sites (tertiary alicyclic amines) is 1. The van der Waals surface area contributed by atoms with Crippen molar-refractivity contribution in [3.63, 3.8) is 0 Å². The highest BCUT2D eigenvalue weighted by Gasteiger charge is 2.74. The van der Waals surface area contributed by atoms with Crippen LogP contribution in [0.2, 0.25) is 0 Å². The lowest BCUT2D eigenvalue weighted by Crippen LogP contribution is -2.99. The fourth-order valence-corrected chi connectivity index (χ4v) is 5.36. The van der Waals surface area contributed by atoms with Crippen LogP contribution in [-0.2, 0) is 19.9 Å². The molecule has 3 aliphatic rings. The summed E-state index contributed by atoms with van der Waals surface area (Å²) in [6.07, 6.45) is 0.692. The van der Waals surface area contributed by atoms with Crippen LogP contribution in [0.3, 0.4) is 0 Å². The van der Waals surface area contributed by atoms with E-state index in [0.717, 1.165) is 0 Å². The van der Waals surface area contributed by atoms with E-state index in [-0.39, 0.29) is 23.8 Å². The van der Waals surface area contributed by atoms with Gasteiger partial charge in [0.25, 0.3) is 5.91 Å². The number of nitrogens with two attached hydrogens (primary N) is 1. The van der Waals surface area contributed by atoms with Crippen LogP contribution in [0.25, 0.3) is 0 Å². The molecule has 0 aromatic heterocycles. The highest BCUT2D eigenvalue weighted by molar-refractivity contribution is 6.14. The van der Waals surface area contributed by atoms with E-state index < -0.39 is 28.7 Å². The normalized spacial score (nSPS) is 31.8. The van der Waals surface area contributed by atoms with Crippen LogP contribution in [0.1, 0.15) is 46.6 Å². The average molecular weight is 388 g/mol. The molecule has 3 N–H and O–H groups in total. The molecular formula is C21H27FN3O3+. The van der Waals surface area contributed by atoms with Crippen LogP contribution in [0, 0.1) is 23.6 Å². The number of benzene rings is 1. The van der Waals surface area contributed by atoms with Gasteiger partial charge in [0.1, 0.15) is 23.7 Å². The van der Waals surface area contributed by atoms with Crippen LogP contribution < -0.4 is 10.6 Å². The fourth-order valence-electron chi connectivity index (χ4n) is 5.36. The van der Waals surface area contributed by atoms with Gasteiger partial charge in [-0.15, -0.1) is 0 Å². The lowest BCUT2D eigenvalue weighted by Gasteiger charge is -2.33. The topological polar surface area (TPSA) is 83.1 Å².